The molecule has 0 bridgehead atoms. The lowest BCUT2D eigenvalue weighted by Crippen LogP contribution is -2.10. The van der Waals surface area contributed by atoms with Crippen molar-refractivity contribution < 1.29 is 4.79 Å². The molecule has 0 amide bonds. The minimum absolute atomic E-state index is 0.243. The van der Waals surface area contributed by atoms with Crippen molar-refractivity contribution in [3.05, 3.63) is 23.9 Å². The number of nitrogens with one attached hydrogen (secondary N) is 1. The number of hydrogen-bond donors (Lipinski definition) is 1. The lowest BCUT2D eigenvalue weighted by atomic mass is 10.3. The maximum atomic E-state index is 10.8. The zero-order valence-corrected chi connectivity index (χ0v) is 6.76. The van der Waals surface area contributed by atoms with Crippen molar-refractivity contribution in [1.29, 1.82) is 0 Å². The van der Waals surface area contributed by atoms with E-state index in [2.05, 4.69) is 5.32 Å². The lowest BCUT2D eigenvalue weighted by Gasteiger charge is -2.00. The molecule has 0 aromatic rings. The molecule has 0 aromatic carbocycles. The third-order valence-electron chi connectivity index (χ3n) is 1.66. The van der Waals surface area contributed by atoms with Crippen molar-refractivity contribution in [3.8, 4) is 0 Å². The Balaban J connectivity index is 2.27. The van der Waals surface area contributed by atoms with Gasteiger partial charge in [0, 0.05) is 24.7 Å². The molecule has 1 aliphatic carbocycles. The van der Waals surface area contributed by atoms with Gasteiger partial charge in [-0.3, -0.25) is 4.79 Å². The summed E-state index contributed by atoms with van der Waals surface area (Å²) < 4.78 is 0. The molecule has 0 saturated heterocycles. The molecular formula is C9H13NO. The van der Waals surface area contributed by atoms with E-state index in [4.69, 9.17) is 0 Å². The van der Waals surface area contributed by atoms with E-state index in [1.807, 2.05) is 19.1 Å². The van der Waals surface area contributed by atoms with Gasteiger partial charge in [-0.2, -0.15) is 0 Å². The highest BCUT2D eigenvalue weighted by molar-refractivity contribution is 5.92. The molecular weight excluding hydrogens is 138 g/mol. The van der Waals surface area contributed by atoms with E-state index < -0.39 is 0 Å². The Bertz CT molecular complexity index is 204. The van der Waals surface area contributed by atoms with Crippen LogP contribution < -0.4 is 5.32 Å². The molecule has 2 nitrogen and oxygen atoms in total. The highest BCUT2D eigenvalue weighted by Crippen LogP contribution is 2.10. The van der Waals surface area contributed by atoms with Gasteiger partial charge in [0.25, 0.3) is 0 Å². The fraction of sp³-hybridized carbons (Fsp3) is 0.444. The molecule has 0 heterocycles. The van der Waals surface area contributed by atoms with Gasteiger partial charge in [0.2, 0.25) is 0 Å². The second-order valence-corrected chi connectivity index (χ2v) is 2.59. The summed E-state index contributed by atoms with van der Waals surface area (Å²) in [7, 11) is 0. The number of hydrogen-bond acceptors (Lipinski definition) is 2. The fourth-order valence-electron chi connectivity index (χ4n) is 1.04. The third kappa shape index (κ3) is 2.58. The smallest absolute Gasteiger partial charge is 0.157 e. The molecule has 1 aliphatic rings. The van der Waals surface area contributed by atoms with Crippen molar-refractivity contribution in [1.82, 2.24) is 5.32 Å². The predicted molar refractivity (Wildman–Crippen MR) is 45.1 cm³/mol. The van der Waals surface area contributed by atoms with Gasteiger partial charge in [-0.05, 0) is 13.3 Å². The fourth-order valence-corrected chi connectivity index (χ4v) is 1.04. The van der Waals surface area contributed by atoms with Crippen LogP contribution in [-0.4, -0.2) is 12.3 Å². The molecule has 1 rings (SSSR count). The average molecular weight is 151 g/mol. The van der Waals surface area contributed by atoms with Gasteiger partial charge in [0.05, 0.1) is 0 Å². The molecule has 0 radical (unpaired) electrons. The number of rotatable bonds is 3. The van der Waals surface area contributed by atoms with Crippen LogP contribution in [0, 0.1) is 0 Å². The largest absolute Gasteiger partial charge is 0.385 e. The van der Waals surface area contributed by atoms with Crippen LogP contribution in [0.4, 0.5) is 0 Å². The monoisotopic (exact) mass is 151 g/mol. The molecule has 0 unspecified atom stereocenters. The van der Waals surface area contributed by atoms with E-state index in [1.165, 1.54) is 0 Å². The van der Waals surface area contributed by atoms with Gasteiger partial charge in [0.15, 0.2) is 5.78 Å². The van der Waals surface area contributed by atoms with Crippen LogP contribution >= 0.6 is 0 Å². The van der Waals surface area contributed by atoms with E-state index in [1.54, 1.807) is 6.08 Å². The number of ketones is 1. The molecule has 60 valence electrons. The summed E-state index contributed by atoms with van der Waals surface area (Å²) in [5.74, 6) is 0.243. The van der Waals surface area contributed by atoms with E-state index in [9.17, 15) is 4.79 Å². The van der Waals surface area contributed by atoms with Gasteiger partial charge in [0.1, 0.15) is 0 Å². The van der Waals surface area contributed by atoms with E-state index in [0.717, 1.165) is 18.7 Å². The van der Waals surface area contributed by atoms with Gasteiger partial charge < -0.3 is 5.32 Å². The number of carbonyl (C=O) groups excluding carboxylic acids is 1. The molecule has 0 aromatic heterocycles. The quantitative estimate of drug-likeness (QED) is 0.618. The Hall–Kier alpha value is -1.05. The topological polar surface area (TPSA) is 29.1 Å². The van der Waals surface area contributed by atoms with Crippen LogP contribution in [-0.2, 0) is 4.79 Å². The van der Waals surface area contributed by atoms with Crippen molar-refractivity contribution in [3.63, 3.8) is 0 Å². The predicted octanol–water partition coefficient (Wildman–Crippen LogP) is 1.40. The second kappa shape index (κ2) is 3.96. The Morgan fingerprint density at radius 2 is 2.45 bits per heavy atom. The normalized spacial score (nSPS) is 17.5. The lowest BCUT2D eigenvalue weighted by molar-refractivity contribution is -0.114. The van der Waals surface area contributed by atoms with Crippen LogP contribution in [0.3, 0.4) is 0 Å². The Labute approximate surface area is 67.0 Å². The summed E-state index contributed by atoms with van der Waals surface area (Å²) in [6.45, 7) is 2.81. The van der Waals surface area contributed by atoms with E-state index >= 15 is 0 Å². The number of carbonyl (C=O) groups is 1. The molecule has 0 saturated carbocycles. The van der Waals surface area contributed by atoms with Crippen molar-refractivity contribution in [2.24, 2.45) is 0 Å². The molecule has 0 fully saturated rings. The van der Waals surface area contributed by atoms with Gasteiger partial charge in [-0.25, -0.2) is 0 Å². The first-order valence-corrected chi connectivity index (χ1v) is 3.91. The van der Waals surface area contributed by atoms with E-state index in [-0.39, 0.29) is 5.78 Å². The zero-order chi connectivity index (χ0) is 8.10. The second-order valence-electron chi connectivity index (χ2n) is 2.59. The maximum Gasteiger partial charge on any atom is 0.157 e. The SMILES string of the molecule is C/C=C/CNC1=CC(=O)CC1. The summed E-state index contributed by atoms with van der Waals surface area (Å²) in [6.07, 6.45) is 7.28. The minimum atomic E-state index is 0.243. The Morgan fingerprint density at radius 3 is 3.00 bits per heavy atom. The summed E-state index contributed by atoms with van der Waals surface area (Å²) in [5.41, 5.74) is 1.08. The standard InChI is InChI=1S/C9H13NO/c1-2-3-6-10-8-4-5-9(11)7-8/h2-3,7,10H,4-6H2,1H3/b3-2+. The summed E-state index contributed by atoms with van der Waals surface area (Å²) in [6, 6.07) is 0. The van der Waals surface area contributed by atoms with Crippen LogP contribution in [0.2, 0.25) is 0 Å². The van der Waals surface area contributed by atoms with Crippen molar-refractivity contribution >= 4 is 5.78 Å². The van der Waals surface area contributed by atoms with Gasteiger partial charge in [-0.1, -0.05) is 12.2 Å². The molecule has 11 heavy (non-hydrogen) atoms. The Kier molecular flexibility index (Phi) is 2.90. The Morgan fingerprint density at radius 1 is 1.64 bits per heavy atom. The van der Waals surface area contributed by atoms with Crippen molar-refractivity contribution in [2.45, 2.75) is 19.8 Å². The van der Waals surface area contributed by atoms with Crippen molar-refractivity contribution in [2.75, 3.05) is 6.54 Å². The molecule has 0 spiro atoms. The average Bonchev–Trinajstić information content (AvgIpc) is 2.37. The molecule has 0 atom stereocenters. The number of allylic oxidation sites excluding steroid dienone is 3. The van der Waals surface area contributed by atoms with Crippen LogP contribution in [0.25, 0.3) is 0 Å². The minimum Gasteiger partial charge on any atom is -0.385 e. The van der Waals surface area contributed by atoms with E-state index in [0.29, 0.717) is 6.42 Å². The van der Waals surface area contributed by atoms with Crippen LogP contribution in [0.1, 0.15) is 19.8 Å². The molecule has 0 aliphatic heterocycles. The summed E-state index contributed by atoms with van der Waals surface area (Å²) in [4.78, 5) is 10.8. The van der Waals surface area contributed by atoms with Gasteiger partial charge >= 0.3 is 0 Å². The third-order valence-corrected chi connectivity index (χ3v) is 1.66. The summed E-state index contributed by atoms with van der Waals surface area (Å²) >= 11 is 0. The first-order valence-electron chi connectivity index (χ1n) is 3.91. The first-order chi connectivity index (χ1) is 5.33. The molecule has 2 heteroatoms. The highest BCUT2D eigenvalue weighted by atomic mass is 16.1. The van der Waals surface area contributed by atoms with Gasteiger partial charge in [-0.15, -0.1) is 0 Å². The first kappa shape index (κ1) is 8.05. The zero-order valence-electron chi connectivity index (χ0n) is 6.76. The summed E-state index contributed by atoms with van der Waals surface area (Å²) in [5, 5.41) is 3.17. The van der Waals surface area contributed by atoms with Crippen LogP contribution in [0.15, 0.2) is 23.9 Å². The molecule has 1 N–H and O–H groups in total. The highest BCUT2D eigenvalue weighted by Gasteiger charge is 2.09. The maximum absolute atomic E-state index is 10.8. The van der Waals surface area contributed by atoms with Crippen LogP contribution in [0.5, 0.6) is 0 Å².